The van der Waals surface area contributed by atoms with E-state index in [-0.39, 0.29) is 13.2 Å². The van der Waals surface area contributed by atoms with E-state index in [1.807, 2.05) is 109 Å². The van der Waals surface area contributed by atoms with Crippen molar-refractivity contribution in [2.24, 2.45) is 20.5 Å². The van der Waals surface area contributed by atoms with Gasteiger partial charge in [0.1, 0.15) is 11.5 Å². The predicted molar refractivity (Wildman–Crippen MR) is 272 cm³/mol. The molecule has 0 heterocycles. The summed E-state index contributed by atoms with van der Waals surface area (Å²) in [7, 11) is 0. The summed E-state index contributed by atoms with van der Waals surface area (Å²) < 4.78 is 30.0. The van der Waals surface area contributed by atoms with Gasteiger partial charge >= 0.3 is 11.9 Å². The third-order valence-electron chi connectivity index (χ3n) is 11.4. The van der Waals surface area contributed by atoms with Gasteiger partial charge in [-0.05, 0) is 121 Å². The zero-order chi connectivity index (χ0) is 48.1. The molecule has 360 valence electrons. The van der Waals surface area contributed by atoms with Gasteiger partial charge in [-0.3, -0.25) is 0 Å². The smallest absolute Gasteiger partial charge is 0.338 e. The first-order valence-corrected chi connectivity index (χ1v) is 24.6. The highest BCUT2D eigenvalue weighted by molar-refractivity contribution is 5.90. The SMILES string of the molecule is CCCCCCCCOc1ccc(N=Nc2ccc(C(=O)O[C@@H](COC[C@@H](OC(=O)c3ccc(N=Nc4ccc(OCCCCCCCC)cc4)cc3)c3ccccc3)c3ccccc3)cc2)cc1. The van der Waals surface area contributed by atoms with E-state index in [0.717, 1.165) is 35.5 Å². The van der Waals surface area contributed by atoms with E-state index in [4.69, 9.17) is 23.7 Å². The lowest BCUT2D eigenvalue weighted by atomic mass is 10.1. The van der Waals surface area contributed by atoms with Crippen molar-refractivity contribution in [1.82, 2.24) is 0 Å². The first-order valence-electron chi connectivity index (χ1n) is 24.6. The van der Waals surface area contributed by atoms with Crippen LogP contribution < -0.4 is 9.47 Å². The van der Waals surface area contributed by atoms with E-state index >= 15 is 0 Å². The van der Waals surface area contributed by atoms with E-state index in [9.17, 15) is 9.59 Å². The number of carbonyl (C=O) groups excluding carboxylic acids is 2. The summed E-state index contributed by atoms with van der Waals surface area (Å²) in [6, 6.07) is 47.4. The fraction of sp³-hybridized carbons (Fsp3) is 0.345. The molecule has 0 aliphatic rings. The number of rotatable bonds is 30. The maximum atomic E-state index is 13.5. The third kappa shape index (κ3) is 18.6. The molecule has 0 spiro atoms. The van der Waals surface area contributed by atoms with Gasteiger partial charge in [0, 0.05) is 0 Å². The molecule has 6 aromatic rings. The van der Waals surface area contributed by atoms with Crippen molar-refractivity contribution in [3.05, 3.63) is 180 Å². The molecule has 0 aromatic heterocycles. The molecule has 0 amide bonds. The lowest BCUT2D eigenvalue weighted by Gasteiger charge is -2.22. The van der Waals surface area contributed by atoms with Crippen molar-refractivity contribution in [2.45, 2.75) is 103 Å². The van der Waals surface area contributed by atoms with Crippen LogP contribution in [-0.4, -0.2) is 38.4 Å². The summed E-state index contributed by atoms with van der Waals surface area (Å²) >= 11 is 0. The van der Waals surface area contributed by atoms with Crippen molar-refractivity contribution in [3.63, 3.8) is 0 Å². The number of hydrogen-bond donors (Lipinski definition) is 0. The summed E-state index contributed by atoms with van der Waals surface area (Å²) in [6.45, 7) is 5.88. The monoisotopic (exact) mass is 930 g/mol. The van der Waals surface area contributed by atoms with Gasteiger partial charge in [-0.2, -0.15) is 20.5 Å². The number of azo groups is 2. The van der Waals surface area contributed by atoms with Crippen LogP contribution in [0.2, 0.25) is 0 Å². The fourth-order valence-corrected chi connectivity index (χ4v) is 7.33. The van der Waals surface area contributed by atoms with Gasteiger partial charge in [0.25, 0.3) is 0 Å². The van der Waals surface area contributed by atoms with Crippen LogP contribution in [0.25, 0.3) is 0 Å². The van der Waals surface area contributed by atoms with Crippen molar-refractivity contribution >= 4 is 34.7 Å². The molecule has 0 fully saturated rings. The summed E-state index contributed by atoms with van der Waals surface area (Å²) in [6.07, 6.45) is 13.1. The van der Waals surface area contributed by atoms with Gasteiger partial charge in [-0.25, -0.2) is 9.59 Å². The number of esters is 2. The average Bonchev–Trinajstić information content (AvgIpc) is 3.40. The van der Waals surface area contributed by atoms with E-state index in [2.05, 4.69) is 34.3 Å². The van der Waals surface area contributed by atoms with E-state index in [1.165, 1.54) is 64.2 Å². The Morgan fingerprint density at radius 3 is 1.06 bits per heavy atom. The minimum atomic E-state index is -0.745. The zero-order valence-corrected chi connectivity index (χ0v) is 40.1. The second kappa shape index (κ2) is 29.7. The molecule has 6 rings (SSSR count). The fourth-order valence-electron chi connectivity index (χ4n) is 7.33. The quantitative estimate of drug-likeness (QED) is 0.0250. The molecule has 69 heavy (non-hydrogen) atoms. The van der Waals surface area contributed by atoms with Crippen LogP contribution in [-0.2, 0) is 14.2 Å². The molecular weight excluding hydrogens is 865 g/mol. The van der Waals surface area contributed by atoms with Gasteiger partial charge in [-0.15, -0.1) is 0 Å². The largest absolute Gasteiger partial charge is 0.494 e. The normalized spacial score (nSPS) is 12.2. The summed E-state index contributed by atoms with van der Waals surface area (Å²) in [5.74, 6) is 0.570. The van der Waals surface area contributed by atoms with E-state index in [0.29, 0.717) is 47.1 Å². The van der Waals surface area contributed by atoms with Crippen molar-refractivity contribution in [3.8, 4) is 11.5 Å². The second-order valence-electron chi connectivity index (χ2n) is 16.9. The topological polar surface area (TPSA) is 130 Å². The molecule has 0 unspecified atom stereocenters. The Kier molecular flexibility index (Phi) is 22.1. The van der Waals surface area contributed by atoms with Crippen molar-refractivity contribution in [1.29, 1.82) is 0 Å². The highest BCUT2D eigenvalue weighted by Crippen LogP contribution is 2.27. The Bertz CT molecular complexity index is 2260. The Balaban J connectivity index is 0.987. The molecule has 0 aliphatic heterocycles. The molecule has 0 bridgehead atoms. The molecule has 2 atom stereocenters. The van der Waals surface area contributed by atoms with Crippen LogP contribution in [0.4, 0.5) is 22.7 Å². The first-order chi connectivity index (χ1) is 34.0. The minimum Gasteiger partial charge on any atom is -0.494 e. The van der Waals surface area contributed by atoms with Crippen LogP contribution in [0.15, 0.2) is 178 Å². The maximum absolute atomic E-state index is 13.5. The van der Waals surface area contributed by atoms with Gasteiger partial charge in [0.15, 0.2) is 12.2 Å². The summed E-state index contributed by atoms with van der Waals surface area (Å²) in [5, 5.41) is 17.4. The van der Waals surface area contributed by atoms with Crippen LogP contribution in [0.5, 0.6) is 11.5 Å². The van der Waals surface area contributed by atoms with Crippen LogP contribution in [0.1, 0.15) is 135 Å². The number of carbonyl (C=O) groups is 2. The Morgan fingerprint density at radius 2 is 0.710 bits per heavy atom. The maximum Gasteiger partial charge on any atom is 0.338 e. The van der Waals surface area contributed by atoms with Gasteiger partial charge in [-0.1, -0.05) is 139 Å². The van der Waals surface area contributed by atoms with Gasteiger partial charge in [0.05, 0.1) is 60.3 Å². The lowest BCUT2D eigenvalue weighted by molar-refractivity contribution is -0.0363. The highest BCUT2D eigenvalue weighted by Gasteiger charge is 2.23. The molecule has 0 saturated carbocycles. The molecule has 0 saturated heterocycles. The zero-order valence-electron chi connectivity index (χ0n) is 40.1. The number of hydrogen-bond acceptors (Lipinski definition) is 11. The second-order valence-corrected chi connectivity index (χ2v) is 16.9. The van der Waals surface area contributed by atoms with Crippen LogP contribution in [0.3, 0.4) is 0 Å². The molecule has 0 aliphatic carbocycles. The number of nitrogens with zero attached hydrogens (tertiary/aromatic N) is 4. The molecular formula is C58H66N4O7. The Hall–Kier alpha value is -6.98. The standard InChI is InChI=1S/C58H66N4O7/c1-3-5-7-9-11-19-41-66-53-37-33-51(34-38-53)61-59-49-29-25-47(26-30-49)57(63)68-55(45-21-15-13-16-22-45)43-65-44-56(46-23-17-14-18-24-46)69-58(64)48-27-31-50(32-28-48)60-62-52-35-39-54(40-36-52)67-42-20-12-10-8-6-4-2/h13-18,21-40,55-56H,3-12,19-20,41-44H2,1-2H3/t55-,56+. The lowest BCUT2D eigenvalue weighted by Crippen LogP contribution is -2.21. The Labute approximate surface area is 408 Å². The molecule has 0 N–H and O–H groups in total. The van der Waals surface area contributed by atoms with Crippen molar-refractivity contribution in [2.75, 3.05) is 26.4 Å². The van der Waals surface area contributed by atoms with Crippen LogP contribution >= 0.6 is 0 Å². The molecule has 0 radical (unpaired) electrons. The summed E-state index contributed by atoms with van der Waals surface area (Å²) in [4.78, 5) is 27.0. The third-order valence-corrected chi connectivity index (χ3v) is 11.4. The first kappa shape index (κ1) is 51.4. The number of ether oxygens (including phenoxy) is 5. The molecule has 11 nitrogen and oxygen atoms in total. The minimum absolute atomic E-state index is 0.0143. The molecule has 11 heteroatoms. The average molecular weight is 931 g/mol. The van der Waals surface area contributed by atoms with Crippen LogP contribution in [0, 0.1) is 0 Å². The number of unbranched alkanes of at least 4 members (excludes halogenated alkanes) is 10. The van der Waals surface area contributed by atoms with Gasteiger partial charge in [0.2, 0.25) is 0 Å². The highest BCUT2D eigenvalue weighted by atomic mass is 16.6. The number of benzene rings is 6. The van der Waals surface area contributed by atoms with E-state index < -0.39 is 24.1 Å². The van der Waals surface area contributed by atoms with Crippen molar-refractivity contribution < 1.29 is 33.3 Å². The van der Waals surface area contributed by atoms with E-state index in [1.54, 1.807) is 48.5 Å². The van der Waals surface area contributed by atoms with Gasteiger partial charge < -0.3 is 23.7 Å². The summed E-state index contributed by atoms with van der Waals surface area (Å²) in [5.41, 5.74) is 4.76. The predicted octanol–water partition coefficient (Wildman–Crippen LogP) is 16.5. The Morgan fingerprint density at radius 1 is 0.391 bits per heavy atom. The molecule has 6 aromatic carbocycles.